The van der Waals surface area contributed by atoms with Crippen molar-refractivity contribution in [2.75, 3.05) is 6.54 Å². The van der Waals surface area contributed by atoms with Gasteiger partial charge in [0.1, 0.15) is 0 Å². The maximum Gasteiger partial charge on any atom is 0.174 e. The Morgan fingerprint density at radius 1 is 1.64 bits per heavy atom. The molecule has 0 spiro atoms. The highest BCUT2D eigenvalue weighted by Crippen LogP contribution is 2.10. The normalized spacial score (nSPS) is 8.82. The third-order valence-corrected chi connectivity index (χ3v) is 2.08. The van der Waals surface area contributed by atoms with Crippen LogP contribution in [0.25, 0.3) is 0 Å². The first-order chi connectivity index (χ1) is 4.84. The average Bonchev–Trinajstić information content (AvgIpc) is 2.38. The Morgan fingerprint density at radius 2 is 2.36 bits per heavy atom. The molecular weight excluding hydrogens is 182 g/mol. The van der Waals surface area contributed by atoms with Crippen molar-refractivity contribution in [1.82, 2.24) is 0 Å². The summed E-state index contributed by atoms with van der Waals surface area (Å²) in [5.41, 5.74) is 5.22. The van der Waals surface area contributed by atoms with E-state index >= 15 is 0 Å². The molecule has 1 aromatic heterocycles. The molecule has 0 aliphatic heterocycles. The van der Waals surface area contributed by atoms with Gasteiger partial charge < -0.3 is 5.73 Å². The largest absolute Gasteiger partial charge is 0.330 e. The minimum atomic E-state index is 0. The minimum Gasteiger partial charge on any atom is -0.330 e. The molecule has 0 radical (unpaired) electrons. The molecular formula is C7H10ClNOS. The zero-order chi connectivity index (χ0) is 7.40. The van der Waals surface area contributed by atoms with Crippen molar-refractivity contribution < 1.29 is 4.79 Å². The van der Waals surface area contributed by atoms with Gasteiger partial charge in [0.25, 0.3) is 0 Å². The highest BCUT2D eigenvalue weighted by Gasteiger charge is 2.03. The summed E-state index contributed by atoms with van der Waals surface area (Å²) in [6, 6.07) is 3.69. The number of hydrogen-bond donors (Lipinski definition) is 1. The Labute approximate surface area is 75.8 Å². The molecule has 2 N–H and O–H groups in total. The van der Waals surface area contributed by atoms with Gasteiger partial charge in [-0.1, -0.05) is 6.07 Å². The molecule has 1 aromatic rings. The maximum absolute atomic E-state index is 11.0. The van der Waals surface area contributed by atoms with Gasteiger partial charge in [0.2, 0.25) is 0 Å². The summed E-state index contributed by atoms with van der Waals surface area (Å²) >= 11 is 1.47. The van der Waals surface area contributed by atoms with E-state index in [1.165, 1.54) is 11.3 Å². The minimum absolute atomic E-state index is 0. The summed E-state index contributed by atoms with van der Waals surface area (Å²) in [6.45, 7) is 0.441. The highest BCUT2D eigenvalue weighted by atomic mass is 35.5. The van der Waals surface area contributed by atoms with Crippen molar-refractivity contribution in [1.29, 1.82) is 0 Å². The van der Waals surface area contributed by atoms with Gasteiger partial charge in [-0.15, -0.1) is 23.7 Å². The Kier molecular flexibility index (Phi) is 5.11. The first-order valence-corrected chi connectivity index (χ1v) is 3.99. The number of carbonyl (C=O) groups is 1. The topological polar surface area (TPSA) is 43.1 Å². The number of rotatable bonds is 3. The second-order valence-corrected chi connectivity index (χ2v) is 2.89. The van der Waals surface area contributed by atoms with E-state index < -0.39 is 0 Å². The zero-order valence-electron chi connectivity index (χ0n) is 5.95. The van der Waals surface area contributed by atoms with E-state index in [1.54, 1.807) is 0 Å². The van der Waals surface area contributed by atoms with Crippen LogP contribution in [0, 0.1) is 0 Å². The molecule has 11 heavy (non-hydrogen) atoms. The van der Waals surface area contributed by atoms with Gasteiger partial charge >= 0.3 is 0 Å². The van der Waals surface area contributed by atoms with Crippen LogP contribution in [-0.2, 0) is 0 Å². The van der Waals surface area contributed by atoms with E-state index in [4.69, 9.17) is 5.73 Å². The number of hydrogen-bond acceptors (Lipinski definition) is 3. The third-order valence-electron chi connectivity index (χ3n) is 1.17. The summed E-state index contributed by atoms with van der Waals surface area (Å²) in [4.78, 5) is 11.8. The predicted octanol–water partition coefficient (Wildman–Crippen LogP) is 1.70. The van der Waals surface area contributed by atoms with Gasteiger partial charge in [-0.05, 0) is 18.0 Å². The van der Waals surface area contributed by atoms with Crippen LogP contribution in [0.15, 0.2) is 17.5 Å². The fourth-order valence-corrected chi connectivity index (χ4v) is 1.39. The lowest BCUT2D eigenvalue weighted by molar-refractivity contribution is 0.0989. The van der Waals surface area contributed by atoms with Crippen LogP contribution in [0.5, 0.6) is 0 Å². The van der Waals surface area contributed by atoms with Gasteiger partial charge in [0.15, 0.2) is 5.78 Å². The number of Topliss-reactive ketones (excluding diaryl/α,β-unsaturated/α-hetero) is 1. The van der Waals surface area contributed by atoms with Gasteiger partial charge in [0, 0.05) is 6.42 Å². The maximum atomic E-state index is 11.0. The van der Waals surface area contributed by atoms with Crippen molar-refractivity contribution in [3.8, 4) is 0 Å². The van der Waals surface area contributed by atoms with Crippen molar-refractivity contribution >= 4 is 29.5 Å². The van der Waals surface area contributed by atoms with Crippen molar-refractivity contribution in [3.05, 3.63) is 22.4 Å². The summed E-state index contributed by atoms with van der Waals surface area (Å²) in [6.07, 6.45) is 0.459. The zero-order valence-corrected chi connectivity index (χ0v) is 7.58. The van der Waals surface area contributed by atoms with E-state index in [2.05, 4.69) is 0 Å². The molecule has 0 fully saturated rings. The molecule has 0 atom stereocenters. The van der Waals surface area contributed by atoms with E-state index in [1.807, 2.05) is 17.5 Å². The van der Waals surface area contributed by atoms with Gasteiger partial charge in [0.05, 0.1) is 4.88 Å². The standard InChI is InChI=1S/C7H9NOS.ClH/c8-4-3-6(9)7-2-1-5-10-7;/h1-2,5H,3-4,8H2;1H. The lowest BCUT2D eigenvalue weighted by Gasteiger charge is -1.90. The predicted molar refractivity (Wildman–Crippen MR) is 49.6 cm³/mol. The lowest BCUT2D eigenvalue weighted by Crippen LogP contribution is -2.06. The highest BCUT2D eigenvalue weighted by molar-refractivity contribution is 7.12. The molecule has 0 saturated heterocycles. The van der Waals surface area contributed by atoms with E-state index in [9.17, 15) is 4.79 Å². The molecule has 1 rings (SSSR count). The number of nitrogens with two attached hydrogens (primary N) is 1. The molecule has 4 heteroatoms. The smallest absolute Gasteiger partial charge is 0.174 e. The Morgan fingerprint density at radius 3 is 2.82 bits per heavy atom. The Hall–Kier alpha value is -0.380. The van der Waals surface area contributed by atoms with Gasteiger partial charge in [-0.25, -0.2) is 0 Å². The molecule has 0 aliphatic carbocycles. The first kappa shape index (κ1) is 10.6. The second-order valence-electron chi connectivity index (χ2n) is 1.94. The fourth-order valence-electron chi connectivity index (χ4n) is 0.692. The van der Waals surface area contributed by atoms with Crippen molar-refractivity contribution in [3.63, 3.8) is 0 Å². The molecule has 0 unspecified atom stereocenters. The second kappa shape index (κ2) is 5.29. The molecule has 2 nitrogen and oxygen atoms in total. The third kappa shape index (κ3) is 3.01. The molecule has 62 valence electrons. The number of carbonyl (C=O) groups excluding carboxylic acids is 1. The Bertz CT molecular complexity index is 210. The van der Waals surface area contributed by atoms with Crippen LogP contribution in [0.3, 0.4) is 0 Å². The van der Waals surface area contributed by atoms with Gasteiger partial charge in [-0.3, -0.25) is 4.79 Å². The van der Waals surface area contributed by atoms with Crippen molar-refractivity contribution in [2.45, 2.75) is 6.42 Å². The van der Waals surface area contributed by atoms with Crippen LogP contribution in [0.4, 0.5) is 0 Å². The molecule has 0 aromatic carbocycles. The first-order valence-electron chi connectivity index (χ1n) is 3.11. The quantitative estimate of drug-likeness (QED) is 0.740. The summed E-state index contributed by atoms with van der Waals surface area (Å²) in [7, 11) is 0. The summed E-state index contributed by atoms with van der Waals surface area (Å²) in [5.74, 6) is 0.150. The fraction of sp³-hybridized carbons (Fsp3) is 0.286. The van der Waals surface area contributed by atoms with Crippen LogP contribution in [0.1, 0.15) is 16.1 Å². The van der Waals surface area contributed by atoms with E-state index in [-0.39, 0.29) is 18.2 Å². The average molecular weight is 192 g/mol. The monoisotopic (exact) mass is 191 g/mol. The van der Waals surface area contributed by atoms with E-state index in [0.717, 1.165) is 4.88 Å². The molecule has 1 heterocycles. The van der Waals surface area contributed by atoms with Gasteiger partial charge in [-0.2, -0.15) is 0 Å². The summed E-state index contributed by atoms with van der Waals surface area (Å²) in [5, 5.41) is 1.89. The van der Waals surface area contributed by atoms with E-state index in [0.29, 0.717) is 13.0 Å². The number of ketones is 1. The lowest BCUT2D eigenvalue weighted by atomic mass is 10.2. The molecule has 0 aliphatic rings. The molecule has 0 saturated carbocycles. The van der Waals surface area contributed by atoms with Crippen LogP contribution in [-0.4, -0.2) is 12.3 Å². The Balaban J connectivity index is 0.000001000. The molecule has 0 bridgehead atoms. The summed E-state index contributed by atoms with van der Waals surface area (Å²) < 4.78 is 0. The van der Waals surface area contributed by atoms with Crippen molar-refractivity contribution in [2.24, 2.45) is 5.73 Å². The van der Waals surface area contributed by atoms with Crippen LogP contribution < -0.4 is 5.73 Å². The molecule has 0 amide bonds. The SMILES string of the molecule is Cl.NCCC(=O)c1cccs1. The van der Waals surface area contributed by atoms with Crippen LogP contribution in [0.2, 0.25) is 0 Å². The van der Waals surface area contributed by atoms with Crippen LogP contribution >= 0.6 is 23.7 Å². The number of thiophene rings is 1. The number of halogens is 1.